The molecule has 0 spiro atoms. The minimum Gasteiger partial charge on any atom is -0.444 e. The molecule has 0 N–H and O–H groups in total. The van der Waals surface area contributed by atoms with Gasteiger partial charge in [0, 0.05) is 25.4 Å². The fraction of sp³-hybridized carbons (Fsp3) is 0.235. The molecule has 1 atom stereocenters. The van der Waals surface area contributed by atoms with E-state index < -0.39 is 0 Å². The molecule has 1 saturated heterocycles. The van der Waals surface area contributed by atoms with Gasteiger partial charge in [-0.2, -0.15) is 4.98 Å². The molecule has 1 unspecified atom stereocenters. The minimum atomic E-state index is -0.0582. The Morgan fingerprint density at radius 2 is 2.04 bits per heavy atom. The molecule has 3 aromatic rings. The maximum absolute atomic E-state index is 12.3. The second-order valence-corrected chi connectivity index (χ2v) is 6.50. The molecule has 1 aliphatic heterocycles. The van der Waals surface area contributed by atoms with E-state index in [1.165, 1.54) is 0 Å². The van der Waals surface area contributed by atoms with Gasteiger partial charge in [0.15, 0.2) is 16.3 Å². The fourth-order valence-electron chi connectivity index (χ4n) is 2.83. The molecule has 0 aliphatic carbocycles. The zero-order chi connectivity index (χ0) is 16.5. The Morgan fingerprint density at radius 1 is 1.21 bits per heavy atom. The Morgan fingerprint density at radius 3 is 2.79 bits per heavy atom. The zero-order valence-corrected chi connectivity index (χ0v) is 14.3. The van der Waals surface area contributed by atoms with Gasteiger partial charge in [-0.25, -0.2) is 0 Å². The smallest absolute Gasteiger partial charge is 0.293 e. The van der Waals surface area contributed by atoms with Gasteiger partial charge < -0.3 is 13.8 Å². The number of furan rings is 1. The molecule has 122 valence electrons. The van der Waals surface area contributed by atoms with E-state index in [0.717, 1.165) is 5.56 Å². The van der Waals surface area contributed by atoms with Crippen LogP contribution in [0.15, 0.2) is 56.1 Å². The number of likely N-dealkylation sites (tertiary alicyclic amines) is 1. The number of benzene rings is 1. The van der Waals surface area contributed by atoms with Crippen LogP contribution in [-0.2, 0) is 11.3 Å². The zero-order valence-electron chi connectivity index (χ0n) is 12.7. The van der Waals surface area contributed by atoms with Crippen molar-refractivity contribution in [1.29, 1.82) is 0 Å². The van der Waals surface area contributed by atoms with Crippen molar-refractivity contribution in [3.63, 3.8) is 0 Å². The molecule has 1 aliphatic rings. The summed E-state index contributed by atoms with van der Waals surface area (Å²) >= 11 is 3.24. The van der Waals surface area contributed by atoms with Crippen molar-refractivity contribution in [2.45, 2.75) is 18.9 Å². The van der Waals surface area contributed by atoms with Gasteiger partial charge in [0.05, 0.1) is 0 Å². The first-order chi connectivity index (χ1) is 11.7. The second-order valence-electron chi connectivity index (χ2n) is 5.72. The highest BCUT2D eigenvalue weighted by atomic mass is 79.9. The highest BCUT2D eigenvalue weighted by molar-refractivity contribution is 9.10. The Kier molecular flexibility index (Phi) is 3.93. The summed E-state index contributed by atoms with van der Waals surface area (Å²) in [6, 6.07) is 13.5. The molecule has 3 heterocycles. The van der Waals surface area contributed by atoms with Crippen LogP contribution in [0.25, 0.3) is 11.7 Å². The number of hydrogen-bond donors (Lipinski definition) is 0. The van der Waals surface area contributed by atoms with E-state index in [-0.39, 0.29) is 11.8 Å². The third-order valence-electron chi connectivity index (χ3n) is 4.02. The molecular formula is C17H14BrN3O3. The Balaban J connectivity index is 1.48. The lowest BCUT2D eigenvalue weighted by atomic mass is 10.1. The third-order valence-corrected chi connectivity index (χ3v) is 4.45. The maximum Gasteiger partial charge on any atom is 0.293 e. The summed E-state index contributed by atoms with van der Waals surface area (Å²) in [5, 5.41) is 4.02. The van der Waals surface area contributed by atoms with E-state index in [0.29, 0.717) is 41.7 Å². The van der Waals surface area contributed by atoms with Gasteiger partial charge >= 0.3 is 0 Å². The lowest BCUT2D eigenvalue weighted by molar-refractivity contribution is -0.128. The molecular weight excluding hydrogens is 374 g/mol. The quantitative estimate of drug-likeness (QED) is 0.683. The number of aromatic nitrogens is 2. The molecule has 1 amide bonds. The summed E-state index contributed by atoms with van der Waals surface area (Å²) in [4.78, 5) is 18.5. The molecule has 1 fully saturated rings. The van der Waals surface area contributed by atoms with Crippen LogP contribution in [0.2, 0.25) is 0 Å². The van der Waals surface area contributed by atoms with Crippen LogP contribution in [0.5, 0.6) is 0 Å². The molecule has 24 heavy (non-hydrogen) atoms. The molecule has 6 nitrogen and oxygen atoms in total. The van der Waals surface area contributed by atoms with E-state index in [1.54, 1.807) is 12.1 Å². The summed E-state index contributed by atoms with van der Waals surface area (Å²) in [5.41, 5.74) is 1.11. The SMILES string of the molecule is O=C1CC(c2noc(-c3ccc(Br)o3)n2)CN1Cc1ccccc1. The molecule has 0 radical (unpaired) electrons. The van der Waals surface area contributed by atoms with Gasteiger partial charge in [-0.3, -0.25) is 4.79 Å². The average molecular weight is 388 g/mol. The van der Waals surface area contributed by atoms with Crippen molar-refractivity contribution < 1.29 is 13.7 Å². The number of halogens is 1. The van der Waals surface area contributed by atoms with Crippen molar-refractivity contribution in [1.82, 2.24) is 15.0 Å². The average Bonchev–Trinajstić information content (AvgIpc) is 3.29. The lowest BCUT2D eigenvalue weighted by Gasteiger charge is -2.15. The maximum atomic E-state index is 12.3. The molecule has 0 bridgehead atoms. The topological polar surface area (TPSA) is 72.4 Å². The van der Waals surface area contributed by atoms with Crippen molar-refractivity contribution in [2.75, 3.05) is 6.54 Å². The van der Waals surface area contributed by atoms with Gasteiger partial charge in [0.1, 0.15) is 0 Å². The molecule has 2 aromatic heterocycles. The van der Waals surface area contributed by atoms with Gasteiger partial charge in [-0.1, -0.05) is 35.5 Å². The largest absolute Gasteiger partial charge is 0.444 e. The lowest BCUT2D eigenvalue weighted by Crippen LogP contribution is -2.24. The van der Waals surface area contributed by atoms with Crippen molar-refractivity contribution in [3.05, 3.63) is 58.5 Å². The minimum absolute atomic E-state index is 0.0582. The van der Waals surface area contributed by atoms with Gasteiger partial charge in [0.2, 0.25) is 5.91 Å². The van der Waals surface area contributed by atoms with Crippen LogP contribution in [0.1, 0.15) is 23.7 Å². The predicted octanol–water partition coefficient (Wildman–Crippen LogP) is 3.61. The molecule has 1 aromatic carbocycles. The van der Waals surface area contributed by atoms with Crippen LogP contribution in [0.4, 0.5) is 0 Å². The van der Waals surface area contributed by atoms with Crippen LogP contribution in [0, 0.1) is 0 Å². The third kappa shape index (κ3) is 2.99. The highest BCUT2D eigenvalue weighted by Crippen LogP contribution is 2.30. The number of carbonyl (C=O) groups excluding carboxylic acids is 1. The van der Waals surface area contributed by atoms with Crippen LogP contribution < -0.4 is 0 Å². The normalized spacial score (nSPS) is 17.6. The van der Waals surface area contributed by atoms with E-state index in [9.17, 15) is 4.79 Å². The number of rotatable bonds is 4. The molecule has 0 saturated carbocycles. The number of hydrogen-bond acceptors (Lipinski definition) is 5. The Bertz CT molecular complexity index is 859. The van der Waals surface area contributed by atoms with E-state index in [2.05, 4.69) is 26.1 Å². The van der Waals surface area contributed by atoms with Crippen LogP contribution in [0.3, 0.4) is 0 Å². The standard InChI is InChI=1S/C17H14BrN3O3/c18-14-7-6-13(23-14)17-19-16(20-24-17)12-8-15(22)21(10-12)9-11-4-2-1-3-5-11/h1-7,12H,8-10H2. The summed E-state index contributed by atoms with van der Waals surface area (Å²) in [6.07, 6.45) is 0.396. The van der Waals surface area contributed by atoms with Gasteiger partial charge in [-0.05, 0) is 33.6 Å². The second kappa shape index (κ2) is 6.24. The highest BCUT2D eigenvalue weighted by Gasteiger charge is 2.34. The summed E-state index contributed by atoms with van der Waals surface area (Å²) in [5.74, 6) is 1.42. The van der Waals surface area contributed by atoms with Crippen molar-refractivity contribution in [2.24, 2.45) is 0 Å². The van der Waals surface area contributed by atoms with Gasteiger partial charge in [0.25, 0.3) is 5.89 Å². The first-order valence-corrected chi connectivity index (χ1v) is 8.39. The number of nitrogens with zero attached hydrogens (tertiary/aromatic N) is 3. The van der Waals surface area contributed by atoms with E-state index in [4.69, 9.17) is 8.94 Å². The molecule has 4 rings (SSSR count). The van der Waals surface area contributed by atoms with Crippen molar-refractivity contribution in [3.8, 4) is 11.7 Å². The van der Waals surface area contributed by atoms with Gasteiger partial charge in [-0.15, -0.1) is 0 Å². The number of carbonyl (C=O) groups is 1. The summed E-state index contributed by atoms with van der Waals surface area (Å²) in [7, 11) is 0. The predicted molar refractivity (Wildman–Crippen MR) is 88.9 cm³/mol. The summed E-state index contributed by atoms with van der Waals surface area (Å²) < 4.78 is 11.3. The van der Waals surface area contributed by atoms with Crippen LogP contribution in [-0.4, -0.2) is 27.5 Å². The Hall–Kier alpha value is -2.41. The van der Waals surface area contributed by atoms with Crippen LogP contribution >= 0.6 is 15.9 Å². The van der Waals surface area contributed by atoms with Crippen molar-refractivity contribution >= 4 is 21.8 Å². The molecule has 7 heteroatoms. The van der Waals surface area contributed by atoms with E-state index >= 15 is 0 Å². The summed E-state index contributed by atoms with van der Waals surface area (Å²) in [6.45, 7) is 1.20. The first kappa shape index (κ1) is 15.1. The first-order valence-electron chi connectivity index (χ1n) is 7.60. The fourth-order valence-corrected chi connectivity index (χ4v) is 3.14. The Labute approximate surface area is 146 Å². The van der Waals surface area contributed by atoms with E-state index in [1.807, 2.05) is 35.2 Å². The number of amides is 1. The monoisotopic (exact) mass is 387 g/mol.